The second-order valence-electron chi connectivity index (χ2n) is 5.61. The standard InChI is InChI=1S/C20H20N4O2/c1-2-13-26-18-6-3-5-17(14-18)23-19(25)15-7-9-16(10-8-15)24-20-21-11-4-12-22-20/h3-12,14H,2,13H2,1H3,(H,23,25)(H,21,22,24). The topological polar surface area (TPSA) is 76.1 Å². The van der Waals surface area contributed by atoms with Crippen molar-refractivity contribution in [2.75, 3.05) is 17.2 Å². The molecule has 0 bridgehead atoms. The third-order valence-electron chi connectivity index (χ3n) is 3.53. The second-order valence-corrected chi connectivity index (χ2v) is 5.61. The molecule has 132 valence electrons. The number of hydrogen-bond donors (Lipinski definition) is 2. The predicted octanol–water partition coefficient (Wildman–Crippen LogP) is 4.26. The van der Waals surface area contributed by atoms with Gasteiger partial charge in [-0.05, 0) is 48.9 Å². The van der Waals surface area contributed by atoms with Crippen molar-refractivity contribution < 1.29 is 9.53 Å². The van der Waals surface area contributed by atoms with E-state index in [1.807, 2.05) is 43.3 Å². The molecule has 3 aromatic rings. The van der Waals surface area contributed by atoms with Crippen LogP contribution in [-0.4, -0.2) is 22.5 Å². The summed E-state index contributed by atoms with van der Waals surface area (Å²) < 4.78 is 5.58. The molecule has 0 fully saturated rings. The minimum absolute atomic E-state index is 0.180. The number of ether oxygens (including phenoxy) is 1. The third kappa shape index (κ3) is 4.80. The van der Waals surface area contributed by atoms with E-state index in [2.05, 4.69) is 20.6 Å². The first-order valence-corrected chi connectivity index (χ1v) is 8.43. The van der Waals surface area contributed by atoms with Crippen molar-refractivity contribution in [3.8, 4) is 5.75 Å². The van der Waals surface area contributed by atoms with Crippen molar-refractivity contribution in [1.82, 2.24) is 9.97 Å². The third-order valence-corrected chi connectivity index (χ3v) is 3.53. The predicted molar refractivity (Wildman–Crippen MR) is 102 cm³/mol. The van der Waals surface area contributed by atoms with Crippen LogP contribution >= 0.6 is 0 Å². The van der Waals surface area contributed by atoms with Gasteiger partial charge >= 0.3 is 0 Å². The van der Waals surface area contributed by atoms with Gasteiger partial charge in [0, 0.05) is 35.4 Å². The van der Waals surface area contributed by atoms with Crippen LogP contribution in [0.3, 0.4) is 0 Å². The fourth-order valence-corrected chi connectivity index (χ4v) is 2.28. The van der Waals surface area contributed by atoms with Gasteiger partial charge in [0.2, 0.25) is 5.95 Å². The normalized spacial score (nSPS) is 10.2. The Morgan fingerprint density at radius 2 is 1.77 bits per heavy atom. The molecule has 2 aromatic carbocycles. The van der Waals surface area contributed by atoms with Crippen molar-refractivity contribution in [1.29, 1.82) is 0 Å². The van der Waals surface area contributed by atoms with Gasteiger partial charge in [0.25, 0.3) is 5.91 Å². The summed E-state index contributed by atoms with van der Waals surface area (Å²) in [5, 5.41) is 5.96. The number of nitrogens with zero attached hydrogens (tertiary/aromatic N) is 2. The van der Waals surface area contributed by atoms with Crippen LogP contribution in [0.4, 0.5) is 17.3 Å². The number of aromatic nitrogens is 2. The Labute approximate surface area is 152 Å². The molecule has 26 heavy (non-hydrogen) atoms. The molecule has 0 spiro atoms. The molecule has 6 heteroatoms. The van der Waals surface area contributed by atoms with Crippen molar-refractivity contribution in [3.63, 3.8) is 0 Å². The van der Waals surface area contributed by atoms with Crippen molar-refractivity contribution in [3.05, 3.63) is 72.6 Å². The summed E-state index contributed by atoms with van der Waals surface area (Å²) in [6.45, 7) is 2.70. The first kappa shape index (κ1) is 17.4. The molecule has 1 heterocycles. The van der Waals surface area contributed by atoms with Crippen LogP contribution in [0, 0.1) is 0 Å². The summed E-state index contributed by atoms with van der Waals surface area (Å²) >= 11 is 0. The van der Waals surface area contributed by atoms with Gasteiger partial charge in [-0.1, -0.05) is 13.0 Å². The molecule has 0 saturated heterocycles. The molecule has 1 amide bonds. The fraction of sp³-hybridized carbons (Fsp3) is 0.150. The Morgan fingerprint density at radius 1 is 1.00 bits per heavy atom. The van der Waals surface area contributed by atoms with Crippen LogP contribution in [0.2, 0.25) is 0 Å². The molecule has 0 aliphatic carbocycles. The Hall–Kier alpha value is -3.41. The monoisotopic (exact) mass is 348 g/mol. The van der Waals surface area contributed by atoms with E-state index in [1.54, 1.807) is 30.6 Å². The number of nitrogens with one attached hydrogen (secondary N) is 2. The highest BCUT2D eigenvalue weighted by Gasteiger charge is 2.07. The first-order chi connectivity index (χ1) is 12.7. The van der Waals surface area contributed by atoms with E-state index in [1.165, 1.54) is 0 Å². The molecule has 0 aliphatic rings. The SMILES string of the molecule is CCCOc1cccc(NC(=O)c2ccc(Nc3ncccn3)cc2)c1. The van der Waals surface area contributed by atoms with Gasteiger partial charge in [-0.3, -0.25) is 4.79 Å². The molecule has 6 nitrogen and oxygen atoms in total. The lowest BCUT2D eigenvalue weighted by molar-refractivity contribution is 0.102. The molecule has 1 aromatic heterocycles. The zero-order chi connectivity index (χ0) is 18.2. The second kappa shape index (κ2) is 8.62. The number of carbonyl (C=O) groups excluding carboxylic acids is 1. The van der Waals surface area contributed by atoms with Gasteiger partial charge in [-0.25, -0.2) is 9.97 Å². The fourth-order valence-electron chi connectivity index (χ4n) is 2.28. The molecule has 0 saturated carbocycles. The molecular formula is C20H20N4O2. The van der Waals surface area contributed by atoms with Crippen LogP contribution in [0.25, 0.3) is 0 Å². The Morgan fingerprint density at radius 3 is 2.50 bits per heavy atom. The average Bonchev–Trinajstić information content (AvgIpc) is 2.68. The zero-order valence-electron chi connectivity index (χ0n) is 14.5. The summed E-state index contributed by atoms with van der Waals surface area (Å²) in [6.07, 6.45) is 4.26. The lowest BCUT2D eigenvalue weighted by Crippen LogP contribution is -2.12. The van der Waals surface area contributed by atoms with E-state index in [9.17, 15) is 4.79 Å². The molecule has 0 aliphatic heterocycles. The van der Waals surface area contributed by atoms with Crippen LogP contribution < -0.4 is 15.4 Å². The number of anilines is 3. The quantitative estimate of drug-likeness (QED) is 0.667. The van der Waals surface area contributed by atoms with Crippen molar-refractivity contribution >= 4 is 23.2 Å². The number of benzene rings is 2. The van der Waals surface area contributed by atoms with Gasteiger partial charge in [-0.15, -0.1) is 0 Å². The van der Waals surface area contributed by atoms with E-state index < -0.39 is 0 Å². The Kier molecular flexibility index (Phi) is 5.77. The van der Waals surface area contributed by atoms with Crippen LogP contribution in [0.15, 0.2) is 67.0 Å². The minimum atomic E-state index is -0.180. The number of hydrogen-bond acceptors (Lipinski definition) is 5. The first-order valence-electron chi connectivity index (χ1n) is 8.43. The lowest BCUT2D eigenvalue weighted by atomic mass is 10.2. The van der Waals surface area contributed by atoms with E-state index >= 15 is 0 Å². The molecule has 0 unspecified atom stereocenters. The van der Waals surface area contributed by atoms with E-state index in [0.717, 1.165) is 17.9 Å². The maximum atomic E-state index is 12.4. The number of rotatable bonds is 7. The molecule has 2 N–H and O–H groups in total. The lowest BCUT2D eigenvalue weighted by Gasteiger charge is -2.09. The summed E-state index contributed by atoms with van der Waals surface area (Å²) in [5.74, 6) is 1.07. The Bertz CT molecular complexity index is 851. The largest absolute Gasteiger partial charge is 0.494 e. The zero-order valence-corrected chi connectivity index (χ0v) is 14.5. The van der Waals surface area contributed by atoms with Crippen LogP contribution in [0.1, 0.15) is 23.7 Å². The van der Waals surface area contributed by atoms with Crippen molar-refractivity contribution in [2.45, 2.75) is 13.3 Å². The van der Waals surface area contributed by atoms with Gasteiger partial charge in [0.15, 0.2) is 0 Å². The van der Waals surface area contributed by atoms with E-state index in [4.69, 9.17) is 4.74 Å². The van der Waals surface area contributed by atoms with Gasteiger partial charge in [-0.2, -0.15) is 0 Å². The van der Waals surface area contributed by atoms with Crippen LogP contribution in [-0.2, 0) is 0 Å². The maximum absolute atomic E-state index is 12.4. The van der Waals surface area contributed by atoms with E-state index in [-0.39, 0.29) is 5.91 Å². The summed E-state index contributed by atoms with van der Waals surface area (Å²) in [4.78, 5) is 20.6. The highest BCUT2D eigenvalue weighted by molar-refractivity contribution is 6.04. The highest BCUT2D eigenvalue weighted by atomic mass is 16.5. The summed E-state index contributed by atoms with van der Waals surface area (Å²) in [5.41, 5.74) is 2.07. The average molecular weight is 348 g/mol. The Balaban J connectivity index is 1.63. The summed E-state index contributed by atoms with van der Waals surface area (Å²) in [6, 6.07) is 16.2. The number of carbonyl (C=O) groups is 1. The summed E-state index contributed by atoms with van der Waals surface area (Å²) in [7, 11) is 0. The smallest absolute Gasteiger partial charge is 0.255 e. The molecule has 3 rings (SSSR count). The molecular weight excluding hydrogens is 328 g/mol. The minimum Gasteiger partial charge on any atom is -0.494 e. The molecule has 0 atom stereocenters. The number of amides is 1. The van der Waals surface area contributed by atoms with E-state index in [0.29, 0.717) is 23.8 Å². The molecule has 0 radical (unpaired) electrons. The van der Waals surface area contributed by atoms with Crippen LogP contribution in [0.5, 0.6) is 5.75 Å². The maximum Gasteiger partial charge on any atom is 0.255 e. The van der Waals surface area contributed by atoms with Gasteiger partial charge in [0.1, 0.15) is 5.75 Å². The van der Waals surface area contributed by atoms with Crippen molar-refractivity contribution in [2.24, 2.45) is 0 Å². The highest BCUT2D eigenvalue weighted by Crippen LogP contribution is 2.19. The van der Waals surface area contributed by atoms with Gasteiger partial charge < -0.3 is 15.4 Å². The van der Waals surface area contributed by atoms with Gasteiger partial charge in [0.05, 0.1) is 6.61 Å².